The average molecular weight is 950 g/mol. The van der Waals surface area contributed by atoms with Gasteiger partial charge in [-0.3, -0.25) is 4.79 Å². The largest absolute Gasteiger partial charge is 0.457 e. The van der Waals surface area contributed by atoms with Gasteiger partial charge in [0.05, 0.1) is 52.9 Å². The number of esters is 1. The van der Waals surface area contributed by atoms with Crippen LogP contribution in [0, 0.1) is 0 Å². The van der Waals surface area contributed by atoms with Crippen molar-refractivity contribution in [1.82, 2.24) is 0 Å². The fourth-order valence-corrected chi connectivity index (χ4v) is 8.47. The number of carbonyl (C=O) groups excluding carboxylic acids is 1. The van der Waals surface area contributed by atoms with Gasteiger partial charge < -0.3 is 47.4 Å². The zero-order valence-electron chi connectivity index (χ0n) is 39.1. The van der Waals surface area contributed by atoms with Gasteiger partial charge in [0, 0.05) is 11.8 Å². The monoisotopic (exact) mass is 949 g/mol. The first-order chi connectivity index (χ1) is 34.5. The van der Waals surface area contributed by atoms with Gasteiger partial charge in [-0.2, -0.15) is 0 Å². The lowest BCUT2D eigenvalue weighted by atomic mass is 9.95. The van der Waals surface area contributed by atoms with E-state index in [9.17, 15) is 10.3 Å². The van der Waals surface area contributed by atoms with Gasteiger partial charge in [-0.05, 0) is 38.9 Å². The van der Waals surface area contributed by atoms with Crippen LogP contribution >= 0.6 is 0 Å². The van der Waals surface area contributed by atoms with Crippen molar-refractivity contribution in [3.05, 3.63) is 226 Å². The molecule has 14 nitrogen and oxygen atoms in total. The first kappa shape index (κ1) is 50.1. The molecule has 0 N–H and O–H groups in total. The molecule has 0 saturated carbocycles. The normalized spacial score (nSPS) is 24.3. The average Bonchev–Trinajstić information content (AvgIpc) is 3.40. The number of azide groups is 1. The van der Waals surface area contributed by atoms with E-state index in [0.29, 0.717) is 0 Å². The summed E-state index contributed by atoms with van der Waals surface area (Å²) in [6.07, 6.45) is -9.33. The summed E-state index contributed by atoms with van der Waals surface area (Å²) in [6.45, 7) is 2.48. The highest BCUT2D eigenvalue weighted by Crippen LogP contribution is 2.37. The maximum atomic E-state index is 13.3. The maximum Gasteiger partial charge on any atom is 0.303 e. The van der Waals surface area contributed by atoms with Crippen molar-refractivity contribution < 1.29 is 52.2 Å². The molecule has 8 rings (SSSR count). The summed E-state index contributed by atoms with van der Waals surface area (Å²) in [4.78, 5) is 16.6. The summed E-state index contributed by atoms with van der Waals surface area (Å²) in [6, 6.07) is 57.1. The Morgan fingerprint density at radius 1 is 0.457 bits per heavy atom. The van der Waals surface area contributed by atoms with Crippen LogP contribution in [0.3, 0.4) is 0 Å². The van der Waals surface area contributed by atoms with Crippen molar-refractivity contribution >= 4 is 5.97 Å². The molecule has 0 aliphatic carbocycles. The topological polar surface area (TPSA) is 158 Å². The van der Waals surface area contributed by atoms with Gasteiger partial charge in [0.25, 0.3) is 0 Å². The first-order valence-electron chi connectivity index (χ1n) is 23.5. The van der Waals surface area contributed by atoms with Crippen LogP contribution in [0.5, 0.6) is 0 Å². The molecule has 0 unspecified atom stereocenters. The number of benzene rings is 6. The van der Waals surface area contributed by atoms with Crippen molar-refractivity contribution in [2.45, 2.75) is 108 Å². The van der Waals surface area contributed by atoms with Gasteiger partial charge in [-0.1, -0.05) is 187 Å². The fourth-order valence-electron chi connectivity index (χ4n) is 8.47. The Balaban J connectivity index is 1.16. The first-order valence-corrected chi connectivity index (χ1v) is 23.5. The molecule has 2 aliphatic rings. The van der Waals surface area contributed by atoms with E-state index < -0.39 is 67.3 Å². The Morgan fingerprint density at radius 2 is 0.814 bits per heavy atom. The van der Waals surface area contributed by atoms with Crippen LogP contribution in [0.2, 0.25) is 0 Å². The summed E-state index contributed by atoms with van der Waals surface area (Å²) in [5.74, 6) is -0.596. The number of rotatable bonds is 24. The van der Waals surface area contributed by atoms with Crippen LogP contribution in [-0.2, 0) is 91.8 Å². The van der Waals surface area contributed by atoms with E-state index in [4.69, 9.17) is 47.4 Å². The summed E-state index contributed by atoms with van der Waals surface area (Å²) in [7, 11) is 0. The Morgan fingerprint density at radius 3 is 1.23 bits per heavy atom. The highest BCUT2D eigenvalue weighted by molar-refractivity contribution is 5.66. The van der Waals surface area contributed by atoms with E-state index in [0.717, 1.165) is 33.4 Å². The summed E-state index contributed by atoms with van der Waals surface area (Å²) in [5, 5.41) is 4.33. The van der Waals surface area contributed by atoms with Gasteiger partial charge in [-0.15, -0.1) is 0 Å². The summed E-state index contributed by atoms with van der Waals surface area (Å²) in [5.41, 5.74) is 15.8. The molecule has 2 heterocycles. The molecule has 14 heteroatoms. The second-order valence-electron chi connectivity index (χ2n) is 17.0. The van der Waals surface area contributed by atoms with Crippen LogP contribution in [0.15, 0.2) is 187 Å². The van der Waals surface area contributed by atoms with E-state index in [-0.39, 0.29) is 52.9 Å². The number of carbonyl (C=O) groups is 1. The minimum Gasteiger partial charge on any atom is -0.457 e. The molecule has 2 saturated heterocycles. The van der Waals surface area contributed by atoms with Crippen LogP contribution in [0.25, 0.3) is 10.4 Å². The Hall–Kier alpha value is -6.26. The molecular formula is C56H59N3O11. The van der Waals surface area contributed by atoms with Gasteiger partial charge in [-0.25, -0.2) is 0 Å². The molecule has 2 fully saturated rings. The number of hydrogen-bond donors (Lipinski definition) is 0. The van der Waals surface area contributed by atoms with E-state index in [2.05, 4.69) is 10.0 Å². The van der Waals surface area contributed by atoms with Crippen molar-refractivity contribution in [3.63, 3.8) is 0 Å². The fraction of sp³-hybridized carbons (Fsp3) is 0.339. The summed E-state index contributed by atoms with van der Waals surface area (Å²) < 4.78 is 66.6. The smallest absolute Gasteiger partial charge is 0.303 e. The highest BCUT2D eigenvalue weighted by Gasteiger charge is 2.55. The van der Waals surface area contributed by atoms with Crippen LogP contribution in [-0.4, -0.2) is 80.5 Å². The maximum absolute atomic E-state index is 13.3. The number of ether oxygens (including phenoxy) is 10. The van der Waals surface area contributed by atoms with Crippen LogP contribution in [0.1, 0.15) is 40.3 Å². The van der Waals surface area contributed by atoms with E-state index in [1.165, 1.54) is 6.92 Å². The molecule has 0 spiro atoms. The van der Waals surface area contributed by atoms with Crippen molar-refractivity contribution in [1.29, 1.82) is 0 Å². The quantitative estimate of drug-likeness (QED) is 0.0246. The second-order valence-corrected chi connectivity index (χ2v) is 17.0. The third kappa shape index (κ3) is 14.6. The van der Waals surface area contributed by atoms with Gasteiger partial charge in [0.1, 0.15) is 42.7 Å². The molecule has 10 atom stereocenters. The van der Waals surface area contributed by atoms with Gasteiger partial charge >= 0.3 is 5.97 Å². The molecule has 0 radical (unpaired) electrons. The Labute approximate surface area is 408 Å². The lowest BCUT2D eigenvalue weighted by molar-refractivity contribution is -0.358. The lowest BCUT2D eigenvalue weighted by Crippen LogP contribution is -2.66. The van der Waals surface area contributed by atoms with E-state index in [1.54, 1.807) is 0 Å². The molecule has 2 aliphatic heterocycles. The molecule has 0 aromatic heterocycles. The minimum absolute atomic E-state index is 0.0345. The van der Waals surface area contributed by atoms with Crippen molar-refractivity contribution in [2.75, 3.05) is 13.2 Å². The van der Waals surface area contributed by atoms with Crippen molar-refractivity contribution in [2.24, 2.45) is 5.11 Å². The summed E-state index contributed by atoms with van der Waals surface area (Å²) >= 11 is 0. The van der Waals surface area contributed by atoms with Crippen LogP contribution < -0.4 is 0 Å². The lowest BCUT2D eigenvalue weighted by Gasteiger charge is -2.49. The molecule has 70 heavy (non-hydrogen) atoms. The number of hydrogen-bond acceptors (Lipinski definition) is 12. The predicted molar refractivity (Wildman–Crippen MR) is 259 cm³/mol. The SMILES string of the molecule is CC(=O)O[C@H]1[C@@H](O[C@@H]2O[C@H](COCc3ccccc3)[C@H](OCc3ccccc3)[C@H](OCc3ccccc3)[C@H]2N=[N+]=[N-])[C@@H](COCc2ccccc2)O[C@@H](OCc2ccccc2)[C@@H]1OCc1ccccc1. The predicted octanol–water partition coefficient (Wildman–Crippen LogP) is 9.84. The molecule has 364 valence electrons. The third-order valence-electron chi connectivity index (χ3n) is 11.9. The van der Waals surface area contributed by atoms with Gasteiger partial charge in [0.15, 0.2) is 18.7 Å². The third-order valence-corrected chi connectivity index (χ3v) is 11.9. The Kier molecular flexibility index (Phi) is 19.1. The standard InChI is InChI=1S/C56H59N3O11/c1-40(60)67-53-51(48(39-62-33-42-22-10-3-11-23-42)69-56(66-37-46-30-18-7-19-31-46)54(53)65-36-45-28-16-6-17-29-45)70-55-49(58-59-57)52(64-35-44-26-14-5-15-27-44)50(63-34-43-24-12-4-13-25-43)47(68-55)38-61-32-41-20-8-2-9-21-41/h2-31,47-56H,32-39H2,1H3/t47-,48-,49-,50+,51+,52-,53+,54-,55+,56-/m1/s1. The molecule has 0 amide bonds. The second kappa shape index (κ2) is 26.6. The zero-order chi connectivity index (χ0) is 48.2. The minimum atomic E-state index is -1.33. The van der Waals surface area contributed by atoms with Crippen LogP contribution in [0.4, 0.5) is 0 Å². The van der Waals surface area contributed by atoms with Gasteiger partial charge in [0.2, 0.25) is 0 Å². The zero-order valence-corrected chi connectivity index (χ0v) is 39.1. The molecular weight excluding hydrogens is 891 g/mol. The van der Waals surface area contributed by atoms with E-state index >= 15 is 0 Å². The van der Waals surface area contributed by atoms with Crippen molar-refractivity contribution in [3.8, 4) is 0 Å². The molecule has 6 aromatic rings. The highest BCUT2D eigenvalue weighted by atomic mass is 16.8. The molecule has 6 aromatic carbocycles. The Bertz CT molecular complexity index is 2470. The number of nitrogens with zero attached hydrogens (tertiary/aromatic N) is 3. The molecule has 0 bridgehead atoms. The van der Waals surface area contributed by atoms with E-state index in [1.807, 2.05) is 182 Å².